The zero-order chi connectivity index (χ0) is 13.2. The van der Waals surface area contributed by atoms with Crippen LogP contribution in [0.15, 0.2) is 33.8 Å². The highest BCUT2D eigenvalue weighted by Crippen LogP contribution is 2.24. The third-order valence-electron chi connectivity index (χ3n) is 3.55. The first kappa shape index (κ1) is 12.0. The molecule has 4 nitrogen and oxygen atoms in total. The van der Waals surface area contributed by atoms with E-state index in [0.29, 0.717) is 5.76 Å². The molecule has 0 atom stereocenters. The Morgan fingerprint density at radius 2 is 2.00 bits per heavy atom. The number of fused-ring (bicyclic) bond motifs is 1. The number of nitrogens with one attached hydrogen (secondary N) is 1. The molecule has 2 aromatic rings. The van der Waals surface area contributed by atoms with Crippen LogP contribution in [0, 0.1) is 6.92 Å². The number of carbonyl (C=O) groups is 1. The Labute approximate surface area is 111 Å². The van der Waals surface area contributed by atoms with Crippen molar-refractivity contribution in [3.05, 3.63) is 35.6 Å². The lowest BCUT2D eigenvalue weighted by Gasteiger charge is -1.99. The molecule has 1 fully saturated rings. The maximum atomic E-state index is 12.1. The van der Waals surface area contributed by atoms with Crippen molar-refractivity contribution in [2.45, 2.75) is 32.6 Å². The lowest BCUT2D eigenvalue weighted by atomic mass is 10.1. The van der Waals surface area contributed by atoms with E-state index in [1.54, 1.807) is 0 Å². The van der Waals surface area contributed by atoms with Gasteiger partial charge < -0.3 is 4.42 Å². The summed E-state index contributed by atoms with van der Waals surface area (Å²) in [6, 6.07) is 7.65. The average molecular weight is 256 g/mol. The molecule has 98 valence electrons. The molecule has 0 bridgehead atoms. The van der Waals surface area contributed by atoms with Crippen molar-refractivity contribution in [1.29, 1.82) is 0 Å². The fraction of sp³-hybridized carbons (Fsp3) is 0.333. The first-order valence-electron chi connectivity index (χ1n) is 6.59. The van der Waals surface area contributed by atoms with Gasteiger partial charge in [0.05, 0.1) is 0 Å². The Morgan fingerprint density at radius 3 is 2.74 bits per heavy atom. The van der Waals surface area contributed by atoms with Crippen LogP contribution >= 0.6 is 0 Å². The van der Waals surface area contributed by atoms with E-state index in [4.69, 9.17) is 4.42 Å². The number of hydrogen-bond acceptors (Lipinski definition) is 3. The zero-order valence-corrected chi connectivity index (χ0v) is 10.9. The van der Waals surface area contributed by atoms with E-state index in [2.05, 4.69) is 10.5 Å². The van der Waals surface area contributed by atoms with Gasteiger partial charge >= 0.3 is 5.91 Å². The van der Waals surface area contributed by atoms with Gasteiger partial charge in [-0.1, -0.05) is 18.2 Å². The Hall–Kier alpha value is -2.10. The summed E-state index contributed by atoms with van der Waals surface area (Å²) in [6.45, 7) is 1.89. The van der Waals surface area contributed by atoms with Gasteiger partial charge in [0.15, 0.2) is 5.76 Å². The molecule has 3 rings (SSSR count). The van der Waals surface area contributed by atoms with E-state index >= 15 is 0 Å². The van der Waals surface area contributed by atoms with Gasteiger partial charge in [-0.15, -0.1) is 0 Å². The summed E-state index contributed by atoms with van der Waals surface area (Å²) in [7, 11) is 0. The highest BCUT2D eigenvalue weighted by Gasteiger charge is 2.17. The number of amides is 1. The summed E-state index contributed by atoms with van der Waals surface area (Å²) in [5.41, 5.74) is 5.27. The lowest BCUT2D eigenvalue weighted by molar-refractivity contribution is 0.0928. The SMILES string of the molecule is Cc1c(C(=O)NN=C2CCCC2)oc2ccccc12. The van der Waals surface area contributed by atoms with Crippen LogP contribution in [0.5, 0.6) is 0 Å². The quantitative estimate of drug-likeness (QED) is 0.837. The maximum absolute atomic E-state index is 12.1. The van der Waals surface area contributed by atoms with Crippen molar-refractivity contribution < 1.29 is 9.21 Å². The molecule has 1 aliphatic carbocycles. The Bertz CT molecular complexity index is 647. The molecule has 19 heavy (non-hydrogen) atoms. The lowest BCUT2D eigenvalue weighted by Crippen LogP contribution is -2.19. The molecule has 4 heteroatoms. The van der Waals surface area contributed by atoms with E-state index in [0.717, 1.165) is 35.1 Å². The molecule has 1 N–H and O–H groups in total. The largest absolute Gasteiger partial charge is 0.451 e. The van der Waals surface area contributed by atoms with Crippen LogP contribution in [0.2, 0.25) is 0 Å². The minimum Gasteiger partial charge on any atom is -0.451 e. The molecule has 1 aliphatic rings. The number of para-hydroxylation sites is 1. The highest BCUT2D eigenvalue weighted by atomic mass is 16.3. The highest BCUT2D eigenvalue weighted by molar-refractivity contribution is 5.99. The minimum absolute atomic E-state index is 0.270. The molecular weight excluding hydrogens is 240 g/mol. The standard InChI is InChI=1S/C15H16N2O2/c1-10-12-8-4-5-9-13(12)19-14(10)15(18)17-16-11-6-2-3-7-11/h4-5,8-9H,2-3,6-7H2,1H3,(H,17,18). The van der Waals surface area contributed by atoms with E-state index in [9.17, 15) is 4.79 Å². The van der Waals surface area contributed by atoms with Crippen LogP contribution in [0.25, 0.3) is 11.0 Å². The van der Waals surface area contributed by atoms with E-state index in [-0.39, 0.29) is 5.91 Å². The number of carbonyl (C=O) groups excluding carboxylic acids is 1. The van der Waals surface area contributed by atoms with E-state index < -0.39 is 0 Å². The number of nitrogens with zero attached hydrogens (tertiary/aromatic N) is 1. The van der Waals surface area contributed by atoms with Crippen LogP contribution in [-0.4, -0.2) is 11.6 Å². The molecule has 0 unspecified atom stereocenters. The van der Waals surface area contributed by atoms with Gasteiger partial charge in [0.2, 0.25) is 0 Å². The van der Waals surface area contributed by atoms with Gasteiger partial charge in [-0.25, -0.2) is 5.43 Å². The van der Waals surface area contributed by atoms with Crippen molar-refractivity contribution in [1.82, 2.24) is 5.43 Å². The number of aryl methyl sites for hydroxylation is 1. The van der Waals surface area contributed by atoms with Crippen LogP contribution in [0.4, 0.5) is 0 Å². The topological polar surface area (TPSA) is 54.6 Å². The zero-order valence-electron chi connectivity index (χ0n) is 10.9. The molecule has 0 aliphatic heterocycles. The summed E-state index contributed by atoms with van der Waals surface area (Å²) >= 11 is 0. The Kier molecular flexibility index (Phi) is 3.07. The normalized spacial score (nSPS) is 14.9. The van der Waals surface area contributed by atoms with E-state index in [1.807, 2.05) is 31.2 Å². The second-order valence-electron chi connectivity index (χ2n) is 4.88. The van der Waals surface area contributed by atoms with Gasteiger partial charge in [-0.2, -0.15) is 5.10 Å². The number of benzene rings is 1. The summed E-state index contributed by atoms with van der Waals surface area (Å²) in [6.07, 6.45) is 4.30. The number of rotatable bonds is 2. The second kappa shape index (κ2) is 4.88. The first-order valence-corrected chi connectivity index (χ1v) is 6.59. The molecule has 1 saturated carbocycles. The third-order valence-corrected chi connectivity index (χ3v) is 3.55. The molecule has 0 radical (unpaired) electrons. The van der Waals surface area contributed by atoms with Crippen LogP contribution in [-0.2, 0) is 0 Å². The van der Waals surface area contributed by atoms with Crippen LogP contribution < -0.4 is 5.43 Å². The van der Waals surface area contributed by atoms with Gasteiger partial charge in [-0.05, 0) is 38.7 Å². The predicted molar refractivity (Wildman–Crippen MR) is 74.3 cm³/mol. The summed E-state index contributed by atoms with van der Waals surface area (Å²) < 4.78 is 5.59. The fourth-order valence-corrected chi connectivity index (χ4v) is 2.47. The number of furan rings is 1. The third kappa shape index (κ3) is 2.26. The molecule has 1 aromatic heterocycles. The van der Waals surface area contributed by atoms with Crippen molar-refractivity contribution in [3.63, 3.8) is 0 Å². The van der Waals surface area contributed by atoms with Crippen molar-refractivity contribution >= 4 is 22.6 Å². The fourth-order valence-electron chi connectivity index (χ4n) is 2.47. The smallest absolute Gasteiger partial charge is 0.307 e. The first-order chi connectivity index (χ1) is 9.25. The predicted octanol–water partition coefficient (Wildman–Crippen LogP) is 3.40. The monoisotopic (exact) mass is 256 g/mol. The summed E-state index contributed by atoms with van der Waals surface area (Å²) in [4.78, 5) is 12.1. The Morgan fingerprint density at radius 1 is 1.26 bits per heavy atom. The maximum Gasteiger partial charge on any atom is 0.307 e. The van der Waals surface area contributed by atoms with Gasteiger partial charge in [0.1, 0.15) is 5.58 Å². The molecule has 1 heterocycles. The molecule has 1 amide bonds. The van der Waals surface area contributed by atoms with Gasteiger partial charge in [0, 0.05) is 16.7 Å². The van der Waals surface area contributed by atoms with Crippen molar-refractivity contribution in [3.8, 4) is 0 Å². The Balaban J connectivity index is 1.85. The van der Waals surface area contributed by atoms with Gasteiger partial charge in [-0.3, -0.25) is 4.79 Å². The van der Waals surface area contributed by atoms with Crippen LogP contribution in [0.3, 0.4) is 0 Å². The second-order valence-corrected chi connectivity index (χ2v) is 4.88. The summed E-state index contributed by atoms with van der Waals surface area (Å²) in [5.74, 6) is 0.0802. The van der Waals surface area contributed by atoms with E-state index in [1.165, 1.54) is 12.8 Å². The molecule has 0 saturated heterocycles. The van der Waals surface area contributed by atoms with Crippen molar-refractivity contribution in [2.24, 2.45) is 5.10 Å². The minimum atomic E-state index is -0.270. The summed E-state index contributed by atoms with van der Waals surface area (Å²) in [5, 5.41) is 5.14. The number of hydrazone groups is 1. The molecular formula is C15H16N2O2. The van der Waals surface area contributed by atoms with Gasteiger partial charge in [0.25, 0.3) is 0 Å². The number of hydrogen-bond donors (Lipinski definition) is 1. The average Bonchev–Trinajstić information content (AvgIpc) is 3.05. The van der Waals surface area contributed by atoms with Crippen LogP contribution in [0.1, 0.15) is 41.8 Å². The molecule has 1 aromatic carbocycles. The van der Waals surface area contributed by atoms with Crippen molar-refractivity contribution in [2.75, 3.05) is 0 Å². The molecule has 0 spiro atoms.